The van der Waals surface area contributed by atoms with Gasteiger partial charge in [-0.2, -0.15) is 0 Å². The summed E-state index contributed by atoms with van der Waals surface area (Å²) in [5.74, 6) is -0.519. The van der Waals surface area contributed by atoms with Gasteiger partial charge >= 0.3 is 5.69 Å². The molecule has 1 unspecified atom stereocenters. The van der Waals surface area contributed by atoms with Crippen molar-refractivity contribution in [1.29, 1.82) is 0 Å². The fourth-order valence-corrected chi connectivity index (χ4v) is 3.12. The second-order valence-electron chi connectivity index (χ2n) is 4.87. The van der Waals surface area contributed by atoms with Gasteiger partial charge in [-0.25, -0.2) is 0 Å². The monoisotopic (exact) mass is 426 g/mol. The maximum absolute atomic E-state index is 12.1. The van der Waals surface area contributed by atoms with Crippen LogP contribution in [-0.2, 0) is 16.9 Å². The first-order valence-electron chi connectivity index (χ1n) is 6.73. The molecule has 2 rings (SSSR count). The van der Waals surface area contributed by atoms with E-state index in [-0.39, 0.29) is 11.3 Å². The molecule has 0 saturated carbocycles. The highest BCUT2D eigenvalue weighted by Gasteiger charge is 2.23. The van der Waals surface area contributed by atoms with Crippen LogP contribution < -0.4 is 0 Å². The predicted molar refractivity (Wildman–Crippen MR) is 96.4 cm³/mol. The van der Waals surface area contributed by atoms with E-state index in [0.29, 0.717) is 6.07 Å². The molecular formula is C15H11BrN2O6S. The molecule has 0 saturated heterocycles. The Bertz CT molecular complexity index is 841. The molecule has 130 valence electrons. The van der Waals surface area contributed by atoms with Crippen LogP contribution >= 0.6 is 15.9 Å². The predicted octanol–water partition coefficient (Wildman–Crippen LogP) is 3.89. The summed E-state index contributed by atoms with van der Waals surface area (Å²) in [6.07, 6.45) is 1.17. The Labute approximate surface area is 153 Å². The number of hydrogen-bond donors (Lipinski definition) is 1. The summed E-state index contributed by atoms with van der Waals surface area (Å²) in [6.45, 7) is 0. The summed E-state index contributed by atoms with van der Waals surface area (Å²) in [4.78, 5) is 20.0. The first kappa shape index (κ1) is 18.9. The minimum Gasteiger partial charge on any atom is -0.612 e. The van der Waals surface area contributed by atoms with E-state index in [0.717, 1.165) is 16.1 Å². The third-order valence-electron chi connectivity index (χ3n) is 3.13. The van der Waals surface area contributed by atoms with Gasteiger partial charge in [0.15, 0.2) is 0 Å². The average molecular weight is 427 g/mol. The van der Waals surface area contributed by atoms with Crippen molar-refractivity contribution < 1.29 is 19.5 Å². The lowest BCUT2D eigenvalue weighted by molar-refractivity contribution is -0.394. The molecule has 10 heteroatoms. The molecule has 2 aromatic rings. The SMILES string of the molecule is O=[N+]([O-])c1cc(/C=C/[S+]([O-])Cc2ccc(Br)cc2)c(O)c([N+](=O)[O-])c1. The molecule has 0 aliphatic heterocycles. The van der Waals surface area contributed by atoms with Crippen LogP contribution in [-0.4, -0.2) is 19.5 Å². The molecule has 0 radical (unpaired) electrons. The van der Waals surface area contributed by atoms with Crippen LogP contribution in [0.1, 0.15) is 11.1 Å². The Balaban J connectivity index is 2.25. The lowest BCUT2D eigenvalue weighted by atomic mass is 10.1. The molecule has 1 N–H and O–H groups in total. The number of benzene rings is 2. The van der Waals surface area contributed by atoms with Gasteiger partial charge in [-0.15, -0.1) is 0 Å². The Morgan fingerprint density at radius 1 is 1.12 bits per heavy atom. The number of halogens is 1. The molecule has 0 aromatic heterocycles. The number of nitro benzene ring substituents is 2. The standard InChI is InChI=1S/C15H11BrN2O6S/c16-12-3-1-10(2-4-12)9-25(24)6-5-11-7-13(17(20)21)8-14(15(11)19)18(22)23/h1-8,19H,9H2/b6-5+. The van der Waals surface area contributed by atoms with Crippen LogP contribution in [0.5, 0.6) is 5.75 Å². The highest BCUT2D eigenvalue weighted by Crippen LogP contribution is 2.35. The fourth-order valence-electron chi connectivity index (χ4n) is 1.94. The maximum atomic E-state index is 12.1. The van der Waals surface area contributed by atoms with Crippen LogP contribution in [0.4, 0.5) is 11.4 Å². The number of nitro groups is 2. The number of aromatic hydroxyl groups is 1. The first-order chi connectivity index (χ1) is 11.8. The Kier molecular flexibility index (Phi) is 6.12. The van der Waals surface area contributed by atoms with Crippen molar-refractivity contribution in [1.82, 2.24) is 0 Å². The van der Waals surface area contributed by atoms with Crippen LogP contribution in [0.3, 0.4) is 0 Å². The Hall–Kier alpha value is -2.43. The van der Waals surface area contributed by atoms with Gasteiger partial charge in [-0.05, 0) is 29.4 Å². The molecular weight excluding hydrogens is 416 g/mol. The third-order valence-corrected chi connectivity index (χ3v) is 4.72. The van der Waals surface area contributed by atoms with Gasteiger partial charge in [-0.3, -0.25) is 20.2 Å². The molecule has 0 heterocycles. The van der Waals surface area contributed by atoms with Crippen molar-refractivity contribution in [3.63, 3.8) is 0 Å². The summed E-state index contributed by atoms with van der Waals surface area (Å²) in [5.41, 5.74) is -0.666. The van der Waals surface area contributed by atoms with E-state index in [9.17, 15) is 29.9 Å². The quantitative estimate of drug-likeness (QED) is 0.423. The summed E-state index contributed by atoms with van der Waals surface area (Å²) in [5, 5.41) is 32.9. The largest absolute Gasteiger partial charge is 0.612 e. The van der Waals surface area contributed by atoms with E-state index < -0.39 is 38.1 Å². The zero-order valence-electron chi connectivity index (χ0n) is 12.5. The second-order valence-corrected chi connectivity index (χ2v) is 7.11. The van der Waals surface area contributed by atoms with Crippen LogP contribution in [0, 0.1) is 20.2 Å². The fraction of sp³-hybridized carbons (Fsp3) is 0.0667. The van der Waals surface area contributed by atoms with Crippen LogP contribution in [0.25, 0.3) is 6.08 Å². The minimum absolute atomic E-state index is 0.148. The van der Waals surface area contributed by atoms with E-state index >= 15 is 0 Å². The number of rotatable bonds is 6. The van der Waals surface area contributed by atoms with Crippen molar-refractivity contribution in [3.05, 3.63) is 77.6 Å². The van der Waals surface area contributed by atoms with Gasteiger partial charge in [0.25, 0.3) is 5.69 Å². The van der Waals surface area contributed by atoms with E-state index in [1.807, 2.05) is 0 Å². The van der Waals surface area contributed by atoms with Crippen molar-refractivity contribution >= 4 is 44.6 Å². The van der Waals surface area contributed by atoms with Gasteiger partial charge in [0, 0.05) is 21.7 Å². The van der Waals surface area contributed by atoms with E-state index in [1.165, 1.54) is 11.5 Å². The molecule has 0 bridgehead atoms. The molecule has 0 spiro atoms. The molecule has 0 aliphatic carbocycles. The number of non-ortho nitro benzene ring substituents is 1. The molecule has 0 aliphatic rings. The first-order valence-corrected chi connectivity index (χ1v) is 8.91. The van der Waals surface area contributed by atoms with Crippen molar-refractivity contribution in [2.24, 2.45) is 0 Å². The van der Waals surface area contributed by atoms with E-state index in [1.54, 1.807) is 24.3 Å². The Morgan fingerprint density at radius 3 is 2.32 bits per heavy atom. The van der Waals surface area contributed by atoms with E-state index in [4.69, 9.17) is 0 Å². The molecule has 25 heavy (non-hydrogen) atoms. The average Bonchev–Trinajstić information content (AvgIpc) is 2.55. The number of hydrogen-bond acceptors (Lipinski definition) is 6. The summed E-state index contributed by atoms with van der Waals surface area (Å²) < 4.78 is 13.0. The summed E-state index contributed by atoms with van der Waals surface area (Å²) >= 11 is 1.82. The van der Waals surface area contributed by atoms with Gasteiger partial charge in [0.05, 0.1) is 15.9 Å². The van der Waals surface area contributed by atoms with Gasteiger partial charge < -0.3 is 9.66 Å². The van der Waals surface area contributed by atoms with Crippen molar-refractivity contribution in [2.45, 2.75) is 5.75 Å². The topological polar surface area (TPSA) is 130 Å². The zero-order chi connectivity index (χ0) is 18.6. The summed E-state index contributed by atoms with van der Waals surface area (Å²) in [6, 6.07) is 8.82. The molecule has 1 atom stereocenters. The van der Waals surface area contributed by atoms with E-state index in [2.05, 4.69) is 15.9 Å². The number of nitrogens with zero attached hydrogens (tertiary/aromatic N) is 2. The second kappa shape index (κ2) is 8.10. The van der Waals surface area contributed by atoms with Gasteiger partial charge in [0.2, 0.25) is 5.75 Å². The molecule has 2 aromatic carbocycles. The molecule has 8 nitrogen and oxygen atoms in total. The summed E-state index contributed by atoms with van der Waals surface area (Å²) in [7, 11) is 0. The third kappa shape index (κ3) is 5.02. The highest BCUT2D eigenvalue weighted by atomic mass is 79.9. The Morgan fingerprint density at radius 2 is 1.76 bits per heavy atom. The number of phenolic OH excluding ortho intramolecular Hbond substituents is 1. The smallest absolute Gasteiger partial charge is 0.318 e. The van der Waals surface area contributed by atoms with Crippen molar-refractivity contribution in [2.75, 3.05) is 0 Å². The van der Waals surface area contributed by atoms with Crippen LogP contribution in [0.2, 0.25) is 0 Å². The molecule has 0 amide bonds. The molecule has 0 fully saturated rings. The minimum atomic E-state index is -1.47. The lowest BCUT2D eigenvalue weighted by Crippen LogP contribution is -2.00. The zero-order valence-corrected chi connectivity index (χ0v) is 14.9. The number of phenols is 1. The van der Waals surface area contributed by atoms with Crippen molar-refractivity contribution in [3.8, 4) is 5.75 Å². The van der Waals surface area contributed by atoms with Gasteiger partial charge in [-0.1, -0.05) is 28.1 Å². The maximum Gasteiger partial charge on any atom is 0.318 e. The lowest BCUT2D eigenvalue weighted by Gasteiger charge is -2.06. The van der Waals surface area contributed by atoms with Crippen LogP contribution in [0.15, 0.2) is 46.3 Å². The van der Waals surface area contributed by atoms with Gasteiger partial charge in [0.1, 0.15) is 11.2 Å². The highest BCUT2D eigenvalue weighted by molar-refractivity contribution is 9.10. The normalized spacial score (nSPS) is 12.2.